The average Bonchev–Trinajstić information content (AvgIpc) is 2.85. The lowest BCUT2D eigenvalue weighted by Gasteiger charge is -2.07. The first-order chi connectivity index (χ1) is 8.68. The zero-order chi connectivity index (χ0) is 13.0. The van der Waals surface area contributed by atoms with Crippen molar-refractivity contribution in [3.8, 4) is 0 Å². The standard InChI is InChI=1S/C12H11BrClN3O/c13-10-3-1-2-9(11(10)14)12(18)16-5-4-8-6-15-7-17-8/h1-3,6-7H,4-5H2,(H,15,17)(H,16,18). The molecule has 1 amide bonds. The van der Waals surface area contributed by atoms with Gasteiger partial charge < -0.3 is 10.3 Å². The van der Waals surface area contributed by atoms with Gasteiger partial charge in [0.05, 0.1) is 16.9 Å². The third kappa shape index (κ3) is 3.11. The molecular weight excluding hydrogens is 318 g/mol. The largest absolute Gasteiger partial charge is 0.352 e. The molecule has 2 N–H and O–H groups in total. The number of nitrogens with zero attached hydrogens (tertiary/aromatic N) is 1. The highest BCUT2D eigenvalue weighted by molar-refractivity contribution is 9.10. The quantitative estimate of drug-likeness (QED) is 0.906. The van der Waals surface area contributed by atoms with Crippen LogP contribution >= 0.6 is 27.5 Å². The highest BCUT2D eigenvalue weighted by Crippen LogP contribution is 2.25. The van der Waals surface area contributed by atoms with Crippen LogP contribution < -0.4 is 5.32 Å². The number of imidazole rings is 1. The molecule has 1 aromatic carbocycles. The van der Waals surface area contributed by atoms with Gasteiger partial charge in [-0.15, -0.1) is 0 Å². The minimum Gasteiger partial charge on any atom is -0.352 e. The van der Waals surface area contributed by atoms with Crippen LogP contribution in [-0.2, 0) is 6.42 Å². The Bertz CT molecular complexity index is 542. The van der Waals surface area contributed by atoms with Crippen molar-refractivity contribution in [3.63, 3.8) is 0 Å². The van der Waals surface area contributed by atoms with Crippen LogP contribution in [0, 0.1) is 0 Å². The molecule has 0 saturated heterocycles. The summed E-state index contributed by atoms with van der Waals surface area (Å²) in [5.41, 5.74) is 1.45. The number of aromatic amines is 1. The summed E-state index contributed by atoms with van der Waals surface area (Å²) in [5, 5.41) is 3.24. The molecule has 0 spiro atoms. The van der Waals surface area contributed by atoms with E-state index in [1.165, 1.54) is 0 Å². The van der Waals surface area contributed by atoms with Crippen LogP contribution in [0.5, 0.6) is 0 Å². The number of hydrogen-bond acceptors (Lipinski definition) is 2. The lowest BCUT2D eigenvalue weighted by molar-refractivity contribution is 0.0954. The summed E-state index contributed by atoms with van der Waals surface area (Å²) in [7, 11) is 0. The summed E-state index contributed by atoms with van der Waals surface area (Å²) in [6, 6.07) is 5.27. The normalized spacial score (nSPS) is 10.3. The van der Waals surface area contributed by atoms with Crippen LogP contribution in [0.3, 0.4) is 0 Å². The second-order valence-corrected chi connectivity index (χ2v) is 4.92. The first-order valence-electron chi connectivity index (χ1n) is 5.38. The van der Waals surface area contributed by atoms with E-state index in [1.54, 1.807) is 30.7 Å². The molecule has 0 unspecified atom stereocenters. The summed E-state index contributed by atoms with van der Waals surface area (Å²) in [6.45, 7) is 0.532. The molecule has 18 heavy (non-hydrogen) atoms. The Kier molecular flexibility index (Phi) is 4.38. The molecule has 0 radical (unpaired) electrons. The lowest BCUT2D eigenvalue weighted by Crippen LogP contribution is -2.26. The third-order valence-electron chi connectivity index (χ3n) is 2.43. The molecule has 0 aliphatic rings. The van der Waals surface area contributed by atoms with Crippen molar-refractivity contribution in [3.05, 3.63) is 51.5 Å². The van der Waals surface area contributed by atoms with E-state index < -0.39 is 0 Å². The molecule has 4 nitrogen and oxygen atoms in total. The van der Waals surface area contributed by atoms with Gasteiger partial charge in [0, 0.05) is 29.3 Å². The van der Waals surface area contributed by atoms with Gasteiger partial charge in [-0.3, -0.25) is 4.79 Å². The molecule has 1 heterocycles. The van der Waals surface area contributed by atoms with Gasteiger partial charge in [-0.25, -0.2) is 4.98 Å². The number of benzene rings is 1. The summed E-state index contributed by atoms with van der Waals surface area (Å²) in [5.74, 6) is -0.180. The van der Waals surface area contributed by atoms with Crippen molar-refractivity contribution in [2.45, 2.75) is 6.42 Å². The molecule has 0 aliphatic heterocycles. The summed E-state index contributed by atoms with van der Waals surface area (Å²) < 4.78 is 0.713. The maximum absolute atomic E-state index is 11.9. The van der Waals surface area contributed by atoms with Gasteiger partial charge in [0.2, 0.25) is 0 Å². The van der Waals surface area contributed by atoms with Gasteiger partial charge in [-0.05, 0) is 28.1 Å². The topological polar surface area (TPSA) is 57.8 Å². The van der Waals surface area contributed by atoms with Crippen LogP contribution in [-0.4, -0.2) is 22.4 Å². The Morgan fingerprint density at radius 3 is 3.06 bits per heavy atom. The van der Waals surface area contributed by atoms with Crippen molar-refractivity contribution in [2.24, 2.45) is 0 Å². The number of nitrogens with one attached hydrogen (secondary N) is 2. The van der Waals surface area contributed by atoms with E-state index >= 15 is 0 Å². The van der Waals surface area contributed by atoms with Gasteiger partial charge in [-0.1, -0.05) is 17.7 Å². The number of aromatic nitrogens is 2. The Morgan fingerprint density at radius 1 is 1.50 bits per heavy atom. The molecule has 6 heteroatoms. The number of hydrogen-bond donors (Lipinski definition) is 2. The van der Waals surface area contributed by atoms with E-state index in [-0.39, 0.29) is 5.91 Å². The van der Waals surface area contributed by atoms with Crippen molar-refractivity contribution in [1.29, 1.82) is 0 Å². The van der Waals surface area contributed by atoms with Gasteiger partial charge in [0.25, 0.3) is 5.91 Å². The smallest absolute Gasteiger partial charge is 0.252 e. The predicted octanol–water partition coefficient (Wildman–Crippen LogP) is 2.80. The number of H-pyrrole nitrogens is 1. The van der Waals surface area contributed by atoms with Crippen molar-refractivity contribution in [2.75, 3.05) is 6.54 Å². The van der Waals surface area contributed by atoms with Gasteiger partial charge >= 0.3 is 0 Å². The summed E-state index contributed by atoms with van der Waals surface area (Å²) >= 11 is 9.33. The molecule has 0 atom stereocenters. The van der Waals surface area contributed by atoms with Crippen LogP contribution in [0.4, 0.5) is 0 Å². The zero-order valence-electron chi connectivity index (χ0n) is 9.41. The molecule has 2 aromatic rings. The molecule has 1 aromatic heterocycles. The van der Waals surface area contributed by atoms with Crippen molar-refractivity contribution < 1.29 is 4.79 Å². The fraction of sp³-hybridized carbons (Fsp3) is 0.167. The lowest BCUT2D eigenvalue weighted by atomic mass is 10.2. The first-order valence-corrected chi connectivity index (χ1v) is 6.55. The average molecular weight is 329 g/mol. The Balaban J connectivity index is 1.93. The Labute approximate surface area is 118 Å². The number of rotatable bonds is 4. The molecular formula is C12H11BrClN3O. The van der Waals surface area contributed by atoms with Gasteiger partial charge in [0.15, 0.2) is 0 Å². The third-order valence-corrected chi connectivity index (χ3v) is 3.73. The van der Waals surface area contributed by atoms with Crippen LogP contribution in [0.25, 0.3) is 0 Å². The van der Waals surface area contributed by atoms with E-state index in [4.69, 9.17) is 11.6 Å². The number of carbonyl (C=O) groups excluding carboxylic acids is 1. The molecule has 0 bridgehead atoms. The maximum Gasteiger partial charge on any atom is 0.252 e. The van der Waals surface area contributed by atoms with Crippen LogP contribution in [0.1, 0.15) is 16.1 Å². The Morgan fingerprint density at radius 2 is 2.33 bits per heavy atom. The first kappa shape index (κ1) is 13.1. The summed E-state index contributed by atoms with van der Waals surface area (Å²) in [6.07, 6.45) is 4.05. The van der Waals surface area contributed by atoms with Crippen LogP contribution in [0.15, 0.2) is 35.2 Å². The molecule has 0 saturated carbocycles. The van der Waals surface area contributed by atoms with E-state index in [9.17, 15) is 4.79 Å². The van der Waals surface area contributed by atoms with E-state index in [2.05, 4.69) is 31.2 Å². The van der Waals surface area contributed by atoms with Gasteiger partial charge in [-0.2, -0.15) is 0 Å². The monoisotopic (exact) mass is 327 g/mol. The minimum atomic E-state index is -0.180. The number of amides is 1. The van der Waals surface area contributed by atoms with E-state index in [0.717, 1.165) is 5.69 Å². The Hall–Kier alpha value is -1.33. The fourth-order valence-corrected chi connectivity index (χ4v) is 2.08. The SMILES string of the molecule is O=C(NCCc1cnc[nH]1)c1cccc(Br)c1Cl. The summed E-state index contributed by atoms with van der Waals surface area (Å²) in [4.78, 5) is 18.8. The maximum atomic E-state index is 11.9. The molecule has 0 aliphatic carbocycles. The highest BCUT2D eigenvalue weighted by Gasteiger charge is 2.11. The van der Waals surface area contributed by atoms with E-state index in [0.29, 0.717) is 28.0 Å². The predicted molar refractivity (Wildman–Crippen MR) is 73.8 cm³/mol. The fourth-order valence-electron chi connectivity index (χ4n) is 1.51. The zero-order valence-corrected chi connectivity index (χ0v) is 11.8. The van der Waals surface area contributed by atoms with Crippen LogP contribution in [0.2, 0.25) is 5.02 Å². The number of halogens is 2. The number of carbonyl (C=O) groups is 1. The molecule has 2 rings (SSSR count). The second kappa shape index (κ2) is 6.02. The highest BCUT2D eigenvalue weighted by atomic mass is 79.9. The van der Waals surface area contributed by atoms with E-state index in [1.807, 2.05) is 0 Å². The van der Waals surface area contributed by atoms with Gasteiger partial charge in [0.1, 0.15) is 0 Å². The second-order valence-electron chi connectivity index (χ2n) is 3.68. The molecule has 0 fully saturated rings. The van der Waals surface area contributed by atoms with Crippen molar-refractivity contribution in [1.82, 2.24) is 15.3 Å². The van der Waals surface area contributed by atoms with Crippen molar-refractivity contribution >= 4 is 33.4 Å². The molecule has 94 valence electrons. The minimum absolute atomic E-state index is 0.180.